The zero-order valence-electron chi connectivity index (χ0n) is 17.9. The van der Waals surface area contributed by atoms with Crippen LogP contribution >= 0.6 is 0 Å². The number of amides is 2. The van der Waals surface area contributed by atoms with Gasteiger partial charge in [0.1, 0.15) is 18.7 Å². The highest BCUT2D eigenvalue weighted by Crippen LogP contribution is 2.44. The predicted molar refractivity (Wildman–Crippen MR) is 118 cm³/mol. The van der Waals surface area contributed by atoms with Gasteiger partial charge in [0.2, 0.25) is 5.91 Å². The second-order valence-electron chi connectivity index (χ2n) is 7.72. The first-order valence-electron chi connectivity index (χ1n) is 10.7. The first kappa shape index (κ1) is 23.3. The molecule has 4 N–H and O–H groups in total. The third-order valence-corrected chi connectivity index (χ3v) is 5.56. The summed E-state index contributed by atoms with van der Waals surface area (Å²) < 4.78 is 5.48. The van der Waals surface area contributed by atoms with Gasteiger partial charge in [-0.3, -0.25) is 4.79 Å². The Kier molecular flexibility index (Phi) is 7.83. The van der Waals surface area contributed by atoms with Crippen molar-refractivity contribution in [1.82, 2.24) is 10.6 Å². The van der Waals surface area contributed by atoms with Crippen LogP contribution in [-0.4, -0.2) is 53.5 Å². The molecule has 0 aromatic heterocycles. The second-order valence-corrected chi connectivity index (χ2v) is 7.72. The minimum atomic E-state index is -1.25. The fourth-order valence-corrected chi connectivity index (χ4v) is 4.00. The van der Waals surface area contributed by atoms with Gasteiger partial charge in [0.25, 0.3) is 0 Å². The average molecular weight is 440 g/mol. The molecule has 8 heteroatoms. The van der Waals surface area contributed by atoms with E-state index in [0.717, 1.165) is 22.3 Å². The molecule has 0 heterocycles. The summed E-state index contributed by atoms with van der Waals surface area (Å²) in [6, 6.07) is 13.8. The molecule has 0 saturated carbocycles. The maximum Gasteiger partial charge on any atom is 0.407 e. The van der Waals surface area contributed by atoms with E-state index < -0.39 is 30.1 Å². The summed E-state index contributed by atoms with van der Waals surface area (Å²) in [5.74, 6) is -1.97. The molecule has 3 rings (SSSR count). The molecule has 32 heavy (non-hydrogen) atoms. The van der Waals surface area contributed by atoms with E-state index in [1.807, 2.05) is 55.5 Å². The quantitative estimate of drug-likeness (QED) is 0.450. The molecule has 0 radical (unpaired) electrons. The molecule has 2 atom stereocenters. The Labute approximate surface area is 186 Å². The number of alkyl carbamates (subject to hydrolysis) is 1. The molecule has 1 aliphatic rings. The van der Waals surface area contributed by atoms with Crippen molar-refractivity contribution in [1.29, 1.82) is 0 Å². The lowest BCUT2D eigenvalue weighted by Gasteiger charge is -2.21. The first-order valence-corrected chi connectivity index (χ1v) is 10.7. The number of carboxylic acid groups (broad SMARTS) is 1. The predicted octanol–water partition coefficient (Wildman–Crippen LogP) is 2.65. The third kappa shape index (κ3) is 5.26. The average Bonchev–Trinajstić information content (AvgIpc) is 3.10. The molecule has 0 aliphatic heterocycles. The van der Waals surface area contributed by atoms with Crippen LogP contribution in [0, 0.1) is 0 Å². The SMILES string of the molecule is CCC[C@@H](NC(=O)OCC1c2ccccc2-c2ccccc21)C(=O)N[C@H](CCO)C(=O)O. The topological polar surface area (TPSA) is 125 Å². The van der Waals surface area contributed by atoms with E-state index in [9.17, 15) is 19.5 Å². The van der Waals surface area contributed by atoms with Crippen LogP contribution < -0.4 is 10.6 Å². The Balaban J connectivity index is 1.64. The van der Waals surface area contributed by atoms with Crippen LogP contribution in [0.2, 0.25) is 0 Å². The molecule has 2 amide bonds. The third-order valence-electron chi connectivity index (χ3n) is 5.56. The molecule has 0 bridgehead atoms. The van der Waals surface area contributed by atoms with Crippen LogP contribution in [0.5, 0.6) is 0 Å². The Bertz CT molecular complexity index is 931. The number of benzene rings is 2. The lowest BCUT2D eigenvalue weighted by molar-refractivity contribution is -0.142. The molecular formula is C24H28N2O6. The van der Waals surface area contributed by atoms with Gasteiger partial charge in [0.05, 0.1) is 0 Å². The van der Waals surface area contributed by atoms with Gasteiger partial charge in [-0.25, -0.2) is 9.59 Å². The van der Waals surface area contributed by atoms with Gasteiger partial charge < -0.3 is 25.6 Å². The van der Waals surface area contributed by atoms with Crippen molar-refractivity contribution in [2.45, 2.75) is 44.2 Å². The molecule has 170 valence electrons. The number of carbonyl (C=O) groups excluding carboxylic acids is 2. The van der Waals surface area contributed by atoms with E-state index in [1.54, 1.807) is 0 Å². The van der Waals surface area contributed by atoms with E-state index in [2.05, 4.69) is 10.6 Å². The highest BCUT2D eigenvalue weighted by molar-refractivity contribution is 5.89. The zero-order valence-corrected chi connectivity index (χ0v) is 17.9. The summed E-state index contributed by atoms with van der Waals surface area (Å²) >= 11 is 0. The summed E-state index contributed by atoms with van der Waals surface area (Å²) in [6.45, 7) is 1.58. The van der Waals surface area contributed by atoms with E-state index in [1.165, 1.54) is 0 Å². The van der Waals surface area contributed by atoms with E-state index >= 15 is 0 Å². The van der Waals surface area contributed by atoms with E-state index in [-0.39, 0.29) is 25.6 Å². The van der Waals surface area contributed by atoms with Gasteiger partial charge in [0.15, 0.2) is 0 Å². The molecule has 2 aromatic rings. The molecule has 0 unspecified atom stereocenters. The van der Waals surface area contributed by atoms with Crippen LogP contribution in [0.25, 0.3) is 11.1 Å². The summed E-state index contributed by atoms with van der Waals surface area (Å²) in [7, 11) is 0. The molecule has 2 aromatic carbocycles. The van der Waals surface area contributed by atoms with Crippen molar-refractivity contribution in [3.63, 3.8) is 0 Å². The number of aliphatic hydroxyl groups excluding tert-OH is 1. The van der Waals surface area contributed by atoms with Gasteiger partial charge in [-0.1, -0.05) is 61.9 Å². The zero-order chi connectivity index (χ0) is 23.1. The van der Waals surface area contributed by atoms with Gasteiger partial charge in [-0.05, 0) is 28.7 Å². The highest BCUT2D eigenvalue weighted by Gasteiger charge is 2.30. The largest absolute Gasteiger partial charge is 0.480 e. The van der Waals surface area contributed by atoms with Crippen LogP contribution in [-0.2, 0) is 14.3 Å². The first-order chi connectivity index (χ1) is 15.5. The van der Waals surface area contributed by atoms with Gasteiger partial charge in [-0.15, -0.1) is 0 Å². The van der Waals surface area contributed by atoms with Crippen molar-refractivity contribution in [3.8, 4) is 11.1 Å². The van der Waals surface area contributed by atoms with Crippen molar-refractivity contribution in [2.75, 3.05) is 13.2 Å². The maximum atomic E-state index is 12.5. The van der Waals surface area contributed by atoms with Crippen LogP contribution in [0.1, 0.15) is 43.2 Å². The highest BCUT2D eigenvalue weighted by atomic mass is 16.5. The molecule has 1 aliphatic carbocycles. The standard InChI is InChI=1S/C24H28N2O6/c1-2-7-20(22(28)25-21(12-13-27)23(29)30)26-24(31)32-14-19-17-10-5-3-8-15(17)16-9-4-6-11-18(16)19/h3-6,8-11,19-21,27H,2,7,12-14H2,1H3,(H,25,28)(H,26,31)(H,29,30)/t20-,21-/m1/s1. The maximum absolute atomic E-state index is 12.5. The molecular weight excluding hydrogens is 412 g/mol. The molecule has 0 saturated heterocycles. The number of carboxylic acids is 1. The molecule has 0 fully saturated rings. The van der Waals surface area contributed by atoms with Crippen LogP contribution in [0.4, 0.5) is 4.79 Å². The Morgan fingerprint density at radius 2 is 1.53 bits per heavy atom. The van der Waals surface area contributed by atoms with Crippen molar-refractivity contribution in [3.05, 3.63) is 59.7 Å². The normalized spacial score (nSPS) is 14.1. The number of aliphatic carboxylic acids is 1. The van der Waals surface area contributed by atoms with Crippen molar-refractivity contribution >= 4 is 18.0 Å². The Morgan fingerprint density at radius 1 is 0.938 bits per heavy atom. The summed E-state index contributed by atoms with van der Waals surface area (Å²) in [5, 5.41) is 23.1. The van der Waals surface area contributed by atoms with Crippen molar-refractivity contribution in [2.24, 2.45) is 0 Å². The monoisotopic (exact) mass is 440 g/mol. The van der Waals surface area contributed by atoms with Crippen molar-refractivity contribution < 1.29 is 29.3 Å². The number of hydrogen-bond acceptors (Lipinski definition) is 5. The van der Waals surface area contributed by atoms with E-state index in [4.69, 9.17) is 9.84 Å². The Hall–Kier alpha value is -3.39. The molecule has 0 spiro atoms. The Morgan fingerprint density at radius 3 is 2.06 bits per heavy atom. The van der Waals surface area contributed by atoms with E-state index in [0.29, 0.717) is 12.8 Å². The number of fused-ring (bicyclic) bond motifs is 3. The number of rotatable bonds is 10. The summed E-state index contributed by atoms with van der Waals surface area (Å²) in [5.41, 5.74) is 4.39. The summed E-state index contributed by atoms with van der Waals surface area (Å²) in [4.78, 5) is 36.2. The van der Waals surface area contributed by atoms with Crippen LogP contribution in [0.15, 0.2) is 48.5 Å². The minimum Gasteiger partial charge on any atom is -0.480 e. The fraction of sp³-hybridized carbons (Fsp3) is 0.375. The number of hydrogen-bond donors (Lipinski definition) is 4. The lowest BCUT2D eigenvalue weighted by atomic mass is 9.98. The van der Waals surface area contributed by atoms with Gasteiger partial charge in [-0.2, -0.15) is 0 Å². The lowest BCUT2D eigenvalue weighted by Crippen LogP contribution is -2.52. The number of carbonyl (C=O) groups is 3. The number of nitrogens with one attached hydrogen (secondary N) is 2. The minimum absolute atomic E-state index is 0.104. The van der Waals surface area contributed by atoms with Gasteiger partial charge in [0, 0.05) is 18.9 Å². The van der Waals surface area contributed by atoms with Gasteiger partial charge >= 0.3 is 12.1 Å². The fourth-order valence-electron chi connectivity index (χ4n) is 4.00. The molecule has 8 nitrogen and oxygen atoms in total. The summed E-state index contributed by atoms with van der Waals surface area (Å²) in [6.07, 6.45) is 0.0562. The number of aliphatic hydroxyl groups is 1. The van der Waals surface area contributed by atoms with Crippen LogP contribution in [0.3, 0.4) is 0 Å². The number of ether oxygens (including phenoxy) is 1. The smallest absolute Gasteiger partial charge is 0.407 e. The second kappa shape index (κ2) is 10.8.